The number of carbonyl (C=O) groups excluding carboxylic acids is 4. The second-order valence-corrected chi connectivity index (χ2v) is 5.49. The lowest BCUT2D eigenvalue weighted by Gasteiger charge is -2.22. The number of amides is 2. The molecule has 0 bridgehead atoms. The van der Waals surface area contributed by atoms with Gasteiger partial charge in [0.2, 0.25) is 11.8 Å². The molecule has 0 aliphatic rings. The summed E-state index contributed by atoms with van der Waals surface area (Å²) in [6.07, 6.45) is 2.76. The number of unbranched alkanes of at least 4 members (excludes halogenated alkanes) is 1. The number of rotatable bonds is 12. The van der Waals surface area contributed by atoms with E-state index in [-0.39, 0.29) is 49.1 Å². The molecule has 0 aromatic heterocycles. The fourth-order valence-electron chi connectivity index (χ4n) is 1.86. The Hall–Kier alpha value is -1.72. The average Bonchev–Trinajstić information content (AvgIpc) is 2.46. The summed E-state index contributed by atoms with van der Waals surface area (Å²) in [7, 11) is 0. The fourth-order valence-corrected chi connectivity index (χ4v) is 1.86. The van der Waals surface area contributed by atoms with Crippen LogP contribution in [0, 0.1) is 0 Å². The van der Waals surface area contributed by atoms with Crippen molar-refractivity contribution in [3.63, 3.8) is 0 Å². The maximum Gasteiger partial charge on any atom is 0.223 e. The van der Waals surface area contributed by atoms with E-state index in [0.717, 1.165) is 12.8 Å². The van der Waals surface area contributed by atoms with Crippen LogP contribution in [0.15, 0.2) is 0 Å². The number of carbonyl (C=O) groups is 4. The van der Waals surface area contributed by atoms with Crippen molar-refractivity contribution in [2.75, 3.05) is 19.6 Å². The second-order valence-electron chi connectivity index (χ2n) is 5.49. The average molecular weight is 312 g/mol. The molecule has 0 saturated carbocycles. The van der Waals surface area contributed by atoms with Crippen molar-refractivity contribution in [3.05, 3.63) is 0 Å². The summed E-state index contributed by atoms with van der Waals surface area (Å²) >= 11 is 0. The Balaban J connectivity index is 4.17. The number of nitrogens with one attached hydrogen (secondary N) is 1. The van der Waals surface area contributed by atoms with Crippen LogP contribution in [0.25, 0.3) is 0 Å². The molecule has 6 heteroatoms. The standard InChI is InChI=1S/C16H28N2O4/c1-4-5-11-18(16(22)9-7-14(3)20)12-10-17-15(21)8-6-13(2)19/h4-12H2,1-3H3,(H,17,21). The largest absolute Gasteiger partial charge is 0.354 e. The molecule has 22 heavy (non-hydrogen) atoms. The van der Waals surface area contributed by atoms with E-state index in [0.29, 0.717) is 19.6 Å². The summed E-state index contributed by atoms with van der Waals surface area (Å²) in [6, 6.07) is 0. The van der Waals surface area contributed by atoms with Crippen molar-refractivity contribution in [3.8, 4) is 0 Å². The van der Waals surface area contributed by atoms with Crippen molar-refractivity contribution < 1.29 is 19.2 Å². The summed E-state index contributed by atoms with van der Waals surface area (Å²) in [5, 5.41) is 2.71. The van der Waals surface area contributed by atoms with Gasteiger partial charge in [-0.25, -0.2) is 0 Å². The van der Waals surface area contributed by atoms with Gasteiger partial charge in [-0.3, -0.25) is 9.59 Å². The zero-order valence-corrected chi connectivity index (χ0v) is 13.9. The Labute approximate surface area is 132 Å². The van der Waals surface area contributed by atoms with Crippen LogP contribution in [-0.4, -0.2) is 47.9 Å². The molecular formula is C16H28N2O4. The van der Waals surface area contributed by atoms with Gasteiger partial charge >= 0.3 is 0 Å². The molecule has 0 aromatic rings. The van der Waals surface area contributed by atoms with Crippen LogP contribution < -0.4 is 5.32 Å². The van der Waals surface area contributed by atoms with Gasteiger partial charge in [0.15, 0.2) is 0 Å². The van der Waals surface area contributed by atoms with E-state index in [4.69, 9.17) is 0 Å². The Kier molecular flexibility index (Phi) is 11.0. The van der Waals surface area contributed by atoms with E-state index < -0.39 is 0 Å². The molecule has 0 rings (SSSR count). The van der Waals surface area contributed by atoms with Crippen LogP contribution in [0.4, 0.5) is 0 Å². The lowest BCUT2D eigenvalue weighted by atomic mass is 10.2. The summed E-state index contributed by atoms with van der Waals surface area (Å²) in [6.45, 7) is 6.40. The van der Waals surface area contributed by atoms with E-state index in [1.165, 1.54) is 13.8 Å². The van der Waals surface area contributed by atoms with Gasteiger partial charge < -0.3 is 19.8 Å². The highest BCUT2D eigenvalue weighted by Gasteiger charge is 2.14. The summed E-state index contributed by atoms with van der Waals surface area (Å²) in [5.74, 6) is -0.246. The van der Waals surface area contributed by atoms with Crippen LogP contribution in [-0.2, 0) is 19.2 Å². The Morgan fingerprint density at radius 2 is 1.45 bits per heavy atom. The van der Waals surface area contributed by atoms with Gasteiger partial charge in [0.1, 0.15) is 11.6 Å². The number of nitrogens with zero attached hydrogens (tertiary/aromatic N) is 1. The molecule has 1 N–H and O–H groups in total. The molecule has 6 nitrogen and oxygen atoms in total. The monoisotopic (exact) mass is 312 g/mol. The van der Waals surface area contributed by atoms with Crippen LogP contribution in [0.2, 0.25) is 0 Å². The van der Waals surface area contributed by atoms with Crippen molar-refractivity contribution in [2.24, 2.45) is 0 Å². The molecule has 0 unspecified atom stereocenters. The molecule has 0 radical (unpaired) electrons. The smallest absolute Gasteiger partial charge is 0.223 e. The highest BCUT2D eigenvalue weighted by atomic mass is 16.2. The normalized spacial score (nSPS) is 10.1. The minimum Gasteiger partial charge on any atom is -0.354 e. The highest BCUT2D eigenvalue weighted by molar-refractivity contribution is 5.84. The predicted molar refractivity (Wildman–Crippen MR) is 84.3 cm³/mol. The number of hydrogen-bond acceptors (Lipinski definition) is 4. The Bertz CT molecular complexity index is 394. The van der Waals surface area contributed by atoms with Gasteiger partial charge in [0.25, 0.3) is 0 Å². The van der Waals surface area contributed by atoms with Gasteiger partial charge in [-0.1, -0.05) is 13.3 Å². The van der Waals surface area contributed by atoms with Crippen LogP contribution >= 0.6 is 0 Å². The van der Waals surface area contributed by atoms with E-state index in [1.807, 2.05) is 6.92 Å². The summed E-state index contributed by atoms with van der Waals surface area (Å²) in [4.78, 5) is 47.0. The molecule has 0 aromatic carbocycles. The second kappa shape index (κ2) is 11.9. The maximum absolute atomic E-state index is 12.1. The van der Waals surface area contributed by atoms with Crippen LogP contribution in [0.1, 0.15) is 59.3 Å². The first-order chi connectivity index (χ1) is 10.4. The molecule has 0 saturated heterocycles. The number of hydrogen-bond donors (Lipinski definition) is 1. The molecule has 0 aliphatic carbocycles. The number of Topliss-reactive ketones (excluding diaryl/α,β-unsaturated/α-hetero) is 2. The van der Waals surface area contributed by atoms with Gasteiger partial charge in [-0.05, 0) is 20.3 Å². The lowest BCUT2D eigenvalue weighted by Crippen LogP contribution is -2.39. The first kappa shape index (κ1) is 20.3. The van der Waals surface area contributed by atoms with Gasteiger partial charge in [-0.2, -0.15) is 0 Å². The van der Waals surface area contributed by atoms with E-state index in [2.05, 4.69) is 5.32 Å². The minimum absolute atomic E-state index is 0.00123. The minimum atomic E-state index is -0.179. The molecular weight excluding hydrogens is 284 g/mol. The van der Waals surface area contributed by atoms with Gasteiger partial charge in [0.05, 0.1) is 0 Å². The van der Waals surface area contributed by atoms with Crippen molar-refractivity contribution >= 4 is 23.4 Å². The van der Waals surface area contributed by atoms with Gasteiger partial charge in [-0.15, -0.1) is 0 Å². The highest BCUT2D eigenvalue weighted by Crippen LogP contribution is 2.02. The zero-order chi connectivity index (χ0) is 17.0. The molecule has 0 heterocycles. The first-order valence-corrected chi connectivity index (χ1v) is 7.90. The first-order valence-electron chi connectivity index (χ1n) is 7.90. The Morgan fingerprint density at radius 1 is 0.864 bits per heavy atom. The fraction of sp³-hybridized carbons (Fsp3) is 0.750. The van der Waals surface area contributed by atoms with Crippen LogP contribution in [0.3, 0.4) is 0 Å². The van der Waals surface area contributed by atoms with E-state index >= 15 is 0 Å². The van der Waals surface area contributed by atoms with Gasteiger partial charge in [0, 0.05) is 45.3 Å². The van der Waals surface area contributed by atoms with Crippen molar-refractivity contribution in [1.29, 1.82) is 0 Å². The predicted octanol–water partition coefficient (Wildman–Crippen LogP) is 1.47. The molecule has 0 atom stereocenters. The summed E-state index contributed by atoms with van der Waals surface area (Å²) in [5.41, 5.74) is 0. The third-order valence-corrected chi connectivity index (χ3v) is 3.23. The lowest BCUT2D eigenvalue weighted by molar-refractivity contribution is -0.133. The molecule has 126 valence electrons. The zero-order valence-electron chi connectivity index (χ0n) is 13.9. The molecule has 0 spiro atoms. The van der Waals surface area contributed by atoms with Crippen molar-refractivity contribution in [1.82, 2.24) is 10.2 Å². The molecule has 0 fully saturated rings. The van der Waals surface area contributed by atoms with Crippen molar-refractivity contribution in [2.45, 2.75) is 59.3 Å². The molecule has 2 amide bonds. The number of ketones is 2. The quantitative estimate of drug-likeness (QED) is 0.591. The third kappa shape index (κ3) is 11.0. The van der Waals surface area contributed by atoms with E-state index in [9.17, 15) is 19.2 Å². The summed E-state index contributed by atoms with van der Waals surface area (Å²) < 4.78 is 0. The molecule has 0 aliphatic heterocycles. The maximum atomic E-state index is 12.1. The SMILES string of the molecule is CCCCN(CCNC(=O)CCC(C)=O)C(=O)CCC(C)=O. The van der Waals surface area contributed by atoms with Crippen LogP contribution in [0.5, 0.6) is 0 Å². The van der Waals surface area contributed by atoms with E-state index in [1.54, 1.807) is 4.90 Å². The third-order valence-electron chi connectivity index (χ3n) is 3.23. The Morgan fingerprint density at radius 3 is 2.00 bits per heavy atom. The topological polar surface area (TPSA) is 83.6 Å².